The first-order valence-corrected chi connectivity index (χ1v) is 6.67. The summed E-state index contributed by atoms with van der Waals surface area (Å²) in [7, 11) is -3.25. The molecule has 1 N–H and O–H groups in total. The minimum absolute atomic E-state index is 0.0351. The Morgan fingerprint density at radius 2 is 2.33 bits per heavy atom. The van der Waals surface area contributed by atoms with Gasteiger partial charge in [-0.25, -0.2) is 13.1 Å². The predicted octanol–water partition coefficient (Wildman–Crippen LogP) is 1.03. The first kappa shape index (κ1) is 12.5. The first-order valence-electron chi connectivity index (χ1n) is 4.49. The molecule has 0 atom stereocenters. The Morgan fingerprint density at radius 1 is 1.60 bits per heavy atom. The predicted molar refractivity (Wildman–Crippen MR) is 57.2 cm³/mol. The van der Waals surface area contributed by atoms with Crippen molar-refractivity contribution in [3.63, 3.8) is 0 Å². The molecule has 0 amide bonds. The summed E-state index contributed by atoms with van der Waals surface area (Å²) in [4.78, 5) is 0. The average molecular weight is 253 g/mol. The zero-order chi connectivity index (χ0) is 11.3. The molecule has 1 aromatic rings. The van der Waals surface area contributed by atoms with Crippen molar-refractivity contribution >= 4 is 21.6 Å². The molecule has 0 fully saturated rings. The summed E-state index contributed by atoms with van der Waals surface area (Å²) >= 11 is 5.41. The van der Waals surface area contributed by atoms with Crippen LogP contribution in [0.3, 0.4) is 0 Å². The highest BCUT2D eigenvalue weighted by atomic mass is 35.5. The van der Waals surface area contributed by atoms with Crippen molar-refractivity contribution in [1.29, 1.82) is 0 Å². The lowest BCUT2D eigenvalue weighted by Crippen LogP contribution is -2.26. The number of alkyl halides is 1. The molecule has 1 aromatic heterocycles. The number of nitrogens with zero attached hydrogens (tertiary/aromatic N) is 1. The van der Waals surface area contributed by atoms with Gasteiger partial charge >= 0.3 is 0 Å². The standard InChI is InChI=1S/C8H13ClN2O3S/c1-7-5-8(11-14-7)6-10-15(12,13)4-2-3-9/h5,10H,2-4,6H2,1H3. The Balaban J connectivity index is 2.42. The molecule has 0 radical (unpaired) electrons. The van der Waals surface area contributed by atoms with Crippen molar-refractivity contribution in [2.24, 2.45) is 0 Å². The highest BCUT2D eigenvalue weighted by molar-refractivity contribution is 7.89. The molecule has 0 aromatic carbocycles. The van der Waals surface area contributed by atoms with Gasteiger partial charge in [0.15, 0.2) is 0 Å². The lowest BCUT2D eigenvalue weighted by molar-refractivity contribution is 0.390. The van der Waals surface area contributed by atoms with E-state index in [0.717, 1.165) is 0 Å². The molecule has 7 heteroatoms. The maximum atomic E-state index is 11.3. The van der Waals surface area contributed by atoms with E-state index in [1.54, 1.807) is 13.0 Å². The average Bonchev–Trinajstić information content (AvgIpc) is 2.59. The molecule has 5 nitrogen and oxygen atoms in total. The summed E-state index contributed by atoms with van der Waals surface area (Å²) in [5.41, 5.74) is 0.571. The van der Waals surface area contributed by atoms with Crippen LogP contribution >= 0.6 is 11.6 Å². The fourth-order valence-electron chi connectivity index (χ4n) is 1.00. The van der Waals surface area contributed by atoms with Gasteiger partial charge in [0.05, 0.1) is 18.0 Å². The van der Waals surface area contributed by atoms with Gasteiger partial charge in [-0.15, -0.1) is 11.6 Å². The number of hydrogen-bond acceptors (Lipinski definition) is 4. The van der Waals surface area contributed by atoms with Crippen LogP contribution in [0.2, 0.25) is 0 Å². The van der Waals surface area contributed by atoms with Gasteiger partial charge in [-0.3, -0.25) is 0 Å². The van der Waals surface area contributed by atoms with Gasteiger partial charge in [-0.1, -0.05) is 5.16 Å². The lowest BCUT2D eigenvalue weighted by Gasteiger charge is -2.02. The second-order valence-electron chi connectivity index (χ2n) is 3.11. The van der Waals surface area contributed by atoms with Gasteiger partial charge < -0.3 is 4.52 Å². The molecule has 0 spiro atoms. The Morgan fingerprint density at radius 3 is 2.87 bits per heavy atom. The van der Waals surface area contributed by atoms with Crippen LogP contribution in [0, 0.1) is 6.92 Å². The summed E-state index contributed by atoms with van der Waals surface area (Å²) in [5, 5.41) is 3.67. The molecule has 1 rings (SSSR count). The zero-order valence-corrected chi connectivity index (χ0v) is 9.94. The molecule has 0 aliphatic heterocycles. The second-order valence-corrected chi connectivity index (χ2v) is 5.42. The molecule has 0 unspecified atom stereocenters. The van der Waals surface area contributed by atoms with Crippen molar-refractivity contribution in [1.82, 2.24) is 9.88 Å². The van der Waals surface area contributed by atoms with E-state index in [2.05, 4.69) is 9.88 Å². The summed E-state index contributed by atoms with van der Waals surface area (Å²) in [5.74, 6) is 1.03. The molecule has 0 saturated carbocycles. The number of aryl methyl sites for hydroxylation is 1. The number of sulfonamides is 1. The van der Waals surface area contributed by atoms with Gasteiger partial charge in [0.1, 0.15) is 5.76 Å². The SMILES string of the molecule is Cc1cc(CNS(=O)(=O)CCCCl)no1. The van der Waals surface area contributed by atoms with Gasteiger partial charge in [-0.2, -0.15) is 0 Å². The van der Waals surface area contributed by atoms with E-state index in [1.807, 2.05) is 0 Å². The van der Waals surface area contributed by atoms with E-state index in [9.17, 15) is 8.42 Å². The minimum atomic E-state index is -3.25. The molecule has 0 saturated heterocycles. The molecule has 0 aliphatic rings. The molecular weight excluding hydrogens is 240 g/mol. The second kappa shape index (κ2) is 5.48. The Labute approximate surface area is 93.8 Å². The Hall–Kier alpha value is -0.590. The van der Waals surface area contributed by atoms with Crippen LogP contribution in [0.25, 0.3) is 0 Å². The normalized spacial score (nSPS) is 11.9. The van der Waals surface area contributed by atoms with Gasteiger partial charge in [0, 0.05) is 11.9 Å². The number of hydrogen-bond donors (Lipinski definition) is 1. The highest BCUT2D eigenvalue weighted by Crippen LogP contribution is 2.02. The topological polar surface area (TPSA) is 72.2 Å². The van der Waals surface area contributed by atoms with Crippen LogP contribution in [-0.4, -0.2) is 25.2 Å². The monoisotopic (exact) mass is 252 g/mol. The number of rotatable bonds is 6. The maximum Gasteiger partial charge on any atom is 0.211 e. The fourth-order valence-corrected chi connectivity index (χ4v) is 2.33. The summed E-state index contributed by atoms with van der Waals surface area (Å²) < 4.78 is 29.9. The fraction of sp³-hybridized carbons (Fsp3) is 0.625. The number of halogens is 1. The van der Waals surface area contributed by atoms with E-state index in [0.29, 0.717) is 23.8 Å². The Kier molecular flexibility index (Phi) is 4.56. The largest absolute Gasteiger partial charge is 0.361 e. The third kappa shape index (κ3) is 4.63. The van der Waals surface area contributed by atoms with Crippen LogP contribution < -0.4 is 4.72 Å². The Bertz CT molecular complexity index is 402. The van der Waals surface area contributed by atoms with Crippen LogP contribution in [0.5, 0.6) is 0 Å². The van der Waals surface area contributed by atoms with Crippen molar-refractivity contribution < 1.29 is 12.9 Å². The molecule has 1 heterocycles. The minimum Gasteiger partial charge on any atom is -0.361 e. The molecular formula is C8H13ClN2O3S. The third-order valence-electron chi connectivity index (χ3n) is 1.70. The third-order valence-corrected chi connectivity index (χ3v) is 3.37. The van der Waals surface area contributed by atoms with Crippen LogP contribution in [0.4, 0.5) is 0 Å². The van der Waals surface area contributed by atoms with E-state index in [-0.39, 0.29) is 12.3 Å². The number of nitrogens with one attached hydrogen (secondary N) is 1. The van der Waals surface area contributed by atoms with Gasteiger partial charge in [-0.05, 0) is 13.3 Å². The van der Waals surface area contributed by atoms with Gasteiger partial charge in [0.25, 0.3) is 0 Å². The van der Waals surface area contributed by atoms with E-state index in [4.69, 9.17) is 16.1 Å². The smallest absolute Gasteiger partial charge is 0.211 e. The van der Waals surface area contributed by atoms with E-state index >= 15 is 0 Å². The van der Waals surface area contributed by atoms with E-state index < -0.39 is 10.0 Å². The molecule has 86 valence electrons. The molecule has 0 bridgehead atoms. The summed E-state index contributed by atoms with van der Waals surface area (Å²) in [6, 6.07) is 1.68. The van der Waals surface area contributed by atoms with Crippen molar-refractivity contribution in [2.75, 3.05) is 11.6 Å². The summed E-state index contributed by atoms with van der Waals surface area (Å²) in [6.07, 6.45) is 0.439. The van der Waals surface area contributed by atoms with Crippen LogP contribution in [-0.2, 0) is 16.6 Å². The zero-order valence-electron chi connectivity index (χ0n) is 8.36. The molecule has 0 aliphatic carbocycles. The first-order chi connectivity index (χ1) is 7.03. The van der Waals surface area contributed by atoms with Gasteiger partial charge in [0.2, 0.25) is 10.0 Å². The lowest BCUT2D eigenvalue weighted by atomic mass is 10.4. The molecule has 15 heavy (non-hydrogen) atoms. The summed E-state index contributed by atoms with van der Waals surface area (Å²) in [6.45, 7) is 1.90. The van der Waals surface area contributed by atoms with Crippen molar-refractivity contribution in [3.8, 4) is 0 Å². The van der Waals surface area contributed by atoms with Crippen molar-refractivity contribution in [3.05, 3.63) is 17.5 Å². The van der Waals surface area contributed by atoms with E-state index in [1.165, 1.54) is 0 Å². The van der Waals surface area contributed by atoms with Crippen LogP contribution in [0.15, 0.2) is 10.6 Å². The van der Waals surface area contributed by atoms with Crippen molar-refractivity contribution in [2.45, 2.75) is 19.9 Å². The number of aromatic nitrogens is 1. The highest BCUT2D eigenvalue weighted by Gasteiger charge is 2.10. The van der Waals surface area contributed by atoms with Crippen LogP contribution in [0.1, 0.15) is 17.9 Å². The quantitative estimate of drug-likeness (QED) is 0.768. The maximum absolute atomic E-state index is 11.3.